The van der Waals surface area contributed by atoms with E-state index >= 15 is 0 Å². The molecule has 102 valence electrons. The van der Waals surface area contributed by atoms with Crippen molar-refractivity contribution in [3.05, 3.63) is 70.2 Å². The van der Waals surface area contributed by atoms with Crippen molar-refractivity contribution in [2.45, 2.75) is 26.7 Å². The molecule has 0 heterocycles. The van der Waals surface area contributed by atoms with Crippen molar-refractivity contribution < 1.29 is 8.78 Å². The summed E-state index contributed by atoms with van der Waals surface area (Å²) in [5.74, 6) is -0.508. The van der Waals surface area contributed by atoms with Crippen LogP contribution >= 0.6 is 11.6 Å². The minimum atomic E-state index is -0.348. The zero-order valence-electron chi connectivity index (χ0n) is 11.1. The molecule has 2 rings (SSSR count). The molecule has 0 fully saturated rings. The molecule has 0 aromatic heterocycles. The fourth-order valence-corrected chi connectivity index (χ4v) is 1.68. The summed E-state index contributed by atoms with van der Waals surface area (Å²) in [5.41, 5.74) is 2.24. The lowest BCUT2D eigenvalue weighted by atomic mass is 10.2. The first-order valence-electron chi connectivity index (χ1n) is 6.25. The van der Waals surface area contributed by atoms with Crippen molar-refractivity contribution in [1.82, 2.24) is 0 Å². The number of aryl methyl sites for hydroxylation is 2. The van der Waals surface area contributed by atoms with Crippen molar-refractivity contribution in [3.63, 3.8) is 0 Å². The molecule has 2 aromatic rings. The van der Waals surface area contributed by atoms with Gasteiger partial charge in [0.05, 0.1) is 5.02 Å². The van der Waals surface area contributed by atoms with Crippen molar-refractivity contribution >= 4 is 11.6 Å². The van der Waals surface area contributed by atoms with Crippen LogP contribution in [-0.2, 0) is 12.8 Å². The van der Waals surface area contributed by atoms with Gasteiger partial charge in [-0.1, -0.05) is 43.6 Å². The topological polar surface area (TPSA) is 0 Å². The largest absolute Gasteiger partial charge is 0.207 e. The second-order valence-corrected chi connectivity index (χ2v) is 4.49. The lowest BCUT2D eigenvalue weighted by Crippen LogP contribution is -1.81. The Morgan fingerprint density at radius 3 is 1.84 bits per heavy atom. The van der Waals surface area contributed by atoms with Crippen LogP contribution in [-0.4, -0.2) is 0 Å². The van der Waals surface area contributed by atoms with E-state index in [4.69, 9.17) is 11.6 Å². The molecule has 0 spiro atoms. The van der Waals surface area contributed by atoms with Crippen LogP contribution in [0.25, 0.3) is 0 Å². The summed E-state index contributed by atoms with van der Waals surface area (Å²) in [5, 5.41) is 0.208. The second kappa shape index (κ2) is 7.90. The van der Waals surface area contributed by atoms with Gasteiger partial charge in [-0.15, -0.1) is 0 Å². The quantitative estimate of drug-likeness (QED) is 0.689. The molecule has 19 heavy (non-hydrogen) atoms. The van der Waals surface area contributed by atoms with E-state index in [1.54, 1.807) is 24.3 Å². The summed E-state index contributed by atoms with van der Waals surface area (Å²) in [7, 11) is 0. The summed E-state index contributed by atoms with van der Waals surface area (Å²) < 4.78 is 24.7. The predicted octanol–water partition coefficient (Wildman–Crippen LogP) is 5.43. The van der Waals surface area contributed by atoms with E-state index in [2.05, 4.69) is 0 Å². The van der Waals surface area contributed by atoms with Gasteiger partial charge in [0.2, 0.25) is 0 Å². The number of benzene rings is 2. The zero-order chi connectivity index (χ0) is 14.3. The van der Waals surface area contributed by atoms with Crippen LogP contribution in [0.1, 0.15) is 25.0 Å². The smallest absolute Gasteiger partial charge is 0.141 e. The van der Waals surface area contributed by atoms with Gasteiger partial charge < -0.3 is 0 Å². The van der Waals surface area contributed by atoms with E-state index in [-0.39, 0.29) is 16.7 Å². The molecular formula is C16H17ClF2. The molecule has 0 aliphatic rings. The third kappa shape index (κ3) is 5.39. The van der Waals surface area contributed by atoms with Gasteiger partial charge in [0, 0.05) is 0 Å². The molecule has 2 aromatic carbocycles. The summed E-state index contributed by atoms with van der Waals surface area (Å²) in [6.07, 6.45) is 1.86. The zero-order valence-corrected chi connectivity index (χ0v) is 11.8. The van der Waals surface area contributed by atoms with Crippen LogP contribution in [0.2, 0.25) is 5.02 Å². The Morgan fingerprint density at radius 1 is 0.842 bits per heavy atom. The van der Waals surface area contributed by atoms with Gasteiger partial charge in [-0.05, 0) is 48.2 Å². The molecule has 0 saturated carbocycles. The van der Waals surface area contributed by atoms with Gasteiger partial charge in [0.1, 0.15) is 11.6 Å². The molecule has 0 bridgehead atoms. The number of hydrogen-bond donors (Lipinski definition) is 0. The minimum absolute atomic E-state index is 0.160. The highest BCUT2D eigenvalue weighted by Crippen LogP contribution is 2.15. The molecule has 0 radical (unpaired) electrons. The first-order valence-corrected chi connectivity index (χ1v) is 6.63. The Morgan fingerprint density at radius 2 is 1.37 bits per heavy atom. The maximum Gasteiger partial charge on any atom is 0.141 e. The van der Waals surface area contributed by atoms with E-state index < -0.39 is 0 Å². The summed E-state index contributed by atoms with van der Waals surface area (Å²) in [6, 6.07) is 11.3. The molecule has 3 heteroatoms. The molecular weight excluding hydrogens is 266 g/mol. The fraction of sp³-hybridized carbons (Fsp3) is 0.250. The van der Waals surface area contributed by atoms with Gasteiger partial charge >= 0.3 is 0 Å². The summed E-state index contributed by atoms with van der Waals surface area (Å²) in [4.78, 5) is 0. The first kappa shape index (κ1) is 15.6. The number of rotatable bonds is 2. The van der Waals surface area contributed by atoms with Crippen molar-refractivity contribution in [3.8, 4) is 0 Å². The van der Waals surface area contributed by atoms with Crippen LogP contribution in [0, 0.1) is 11.6 Å². The number of hydrogen-bond acceptors (Lipinski definition) is 0. The molecule has 0 amide bonds. The highest BCUT2D eigenvalue weighted by atomic mass is 35.5. The average molecular weight is 283 g/mol. The van der Waals surface area contributed by atoms with E-state index in [1.807, 2.05) is 13.8 Å². The highest BCUT2D eigenvalue weighted by molar-refractivity contribution is 6.30. The summed E-state index contributed by atoms with van der Waals surface area (Å²) >= 11 is 5.52. The highest BCUT2D eigenvalue weighted by Gasteiger charge is 1.97. The van der Waals surface area contributed by atoms with Gasteiger partial charge in [0.15, 0.2) is 0 Å². The normalized spacial score (nSPS) is 9.74. The second-order valence-electron chi connectivity index (χ2n) is 4.08. The van der Waals surface area contributed by atoms with Crippen molar-refractivity contribution in [2.75, 3.05) is 0 Å². The summed E-state index contributed by atoms with van der Waals surface area (Å²) in [6.45, 7) is 4.05. The molecule has 0 aliphatic heterocycles. The maximum absolute atomic E-state index is 12.5. The average Bonchev–Trinajstić information content (AvgIpc) is 2.43. The molecule has 0 atom stereocenters. The molecule has 0 N–H and O–H groups in total. The molecule has 0 saturated heterocycles. The SMILES string of the molecule is CCc1ccc(F)c(Cl)c1.CCc1ccc(F)cc1. The van der Waals surface area contributed by atoms with Crippen LogP contribution in [0.15, 0.2) is 42.5 Å². The van der Waals surface area contributed by atoms with Crippen molar-refractivity contribution in [2.24, 2.45) is 0 Å². The Bertz CT molecular complexity index is 507. The number of halogens is 3. The van der Waals surface area contributed by atoms with E-state index in [9.17, 15) is 8.78 Å². The Kier molecular flexibility index (Phi) is 6.51. The van der Waals surface area contributed by atoms with Gasteiger partial charge in [-0.25, -0.2) is 8.78 Å². The van der Waals surface area contributed by atoms with E-state index in [0.717, 1.165) is 18.4 Å². The molecule has 0 unspecified atom stereocenters. The lowest BCUT2D eigenvalue weighted by Gasteiger charge is -1.96. The molecule has 0 nitrogen and oxygen atoms in total. The fourth-order valence-electron chi connectivity index (χ4n) is 1.48. The first-order chi connectivity index (χ1) is 9.06. The van der Waals surface area contributed by atoms with E-state index in [0.29, 0.717) is 0 Å². The minimum Gasteiger partial charge on any atom is -0.207 e. The predicted molar refractivity (Wildman–Crippen MR) is 76.6 cm³/mol. The monoisotopic (exact) mass is 282 g/mol. The third-order valence-corrected chi connectivity index (χ3v) is 3.00. The Balaban J connectivity index is 0.000000191. The standard InChI is InChI=1S/C8H8ClF.C8H9F/c1-2-6-3-4-8(10)7(9)5-6;1-2-7-3-5-8(9)6-4-7/h3-5H,2H2,1H3;3-6H,2H2,1H3. The van der Waals surface area contributed by atoms with Crippen LogP contribution in [0.4, 0.5) is 8.78 Å². The van der Waals surface area contributed by atoms with Gasteiger partial charge in [-0.3, -0.25) is 0 Å². The van der Waals surface area contributed by atoms with E-state index in [1.165, 1.54) is 23.8 Å². The maximum atomic E-state index is 12.5. The Hall–Kier alpha value is -1.41. The third-order valence-electron chi connectivity index (χ3n) is 2.71. The van der Waals surface area contributed by atoms with Gasteiger partial charge in [-0.2, -0.15) is 0 Å². The lowest BCUT2D eigenvalue weighted by molar-refractivity contribution is 0.627. The van der Waals surface area contributed by atoms with Crippen LogP contribution in [0.5, 0.6) is 0 Å². The van der Waals surface area contributed by atoms with Crippen LogP contribution in [0.3, 0.4) is 0 Å². The van der Waals surface area contributed by atoms with Crippen molar-refractivity contribution in [1.29, 1.82) is 0 Å². The van der Waals surface area contributed by atoms with Crippen LogP contribution < -0.4 is 0 Å². The Labute approximate surface area is 118 Å². The van der Waals surface area contributed by atoms with Gasteiger partial charge in [0.25, 0.3) is 0 Å². The molecule has 0 aliphatic carbocycles.